The average molecular weight is 335 g/mol. The summed E-state index contributed by atoms with van der Waals surface area (Å²) < 4.78 is 28.4. The molecule has 0 aliphatic carbocycles. The van der Waals surface area contributed by atoms with Gasteiger partial charge in [-0.05, 0) is 36.8 Å². The van der Waals surface area contributed by atoms with Crippen LogP contribution in [0.3, 0.4) is 0 Å². The molecule has 0 radical (unpaired) electrons. The Morgan fingerprint density at radius 2 is 2.12 bits per heavy atom. The van der Waals surface area contributed by atoms with Crippen LogP contribution in [-0.4, -0.2) is 25.6 Å². The highest BCUT2D eigenvalue weighted by atomic mass is 19.1. The lowest BCUT2D eigenvalue weighted by molar-refractivity contribution is -0.148. The maximum absolute atomic E-state index is 13.5. The number of ether oxygens (including phenoxy) is 2. The van der Waals surface area contributed by atoms with E-state index in [2.05, 4.69) is 5.32 Å². The molecule has 24 heavy (non-hydrogen) atoms. The Labute approximate surface area is 138 Å². The molecular formula is C17H18FNO5. The summed E-state index contributed by atoms with van der Waals surface area (Å²) in [5.74, 6) is -0.942. The highest BCUT2D eigenvalue weighted by Crippen LogP contribution is 2.18. The number of hydrogen-bond acceptors (Lipinski definition) is 5. The number of methoxy groups -OCH3 is 1. The van der Waals surface area contributed by atoms with Crippen molar-refractivity contribution in [3.8, 4) is 5.75 Å². The van der Waals surface area contributed by atoms with Gasteiger partial charge in [0, 0.05) is 0 Å². The van der Waals surface area contributed by atoms with E-state index in [-0.39, 0.29) is 18.2 Å². The topological polar surface area (TPSA) is 77.8 Å². The summed E-state index contributed by atoms with van der Waals surface area (Å²) in [5, 5.41) is 2.64. The van der Waals surface area contributed by atoms with Gasteiger partial charge in [-0.1, -0.05) is 6.07 Å². The predicted molar refractivity (Wildman–Crippen MR) is 82.9 cm³/mol. The van der Waals surface area contributed by atoms with Crippen LogP contribution in [0.1, 0.15) is 24.3 Å². The molecule has 1 aromatic carbocycles. The number of amides is 1. The number of rotatable bonds is 7. The molecule has 0 aliphatic rings. The molecule has 1 heterocycles. The summed E-state index contributed by atoms with van der Waals surface area (Å²) in [7, 11) is 1.36. The van der Waals surface area contributed by atoms with E-state index in [0.29, 0.717) is 11.3 Å². The van der Waals surface area contributed by atoms with Crippen molar-refractivity contribution < 1.29 is 27.9 Å². The van der Waals surface area contributed by atoms with Gasteiger partial charge in [0.25, 0.3) is 5.91 Å². The first-order valence-corrected chi connectivity index (χ1v) is 7.30. The molecule has 1 N–H and O–H groups in total. The lowest BCUT2D eigenvalue weighted by Gasteiger charge is -2.11. The third-order valence-electron chi connectivity index (χ3n) is 3.28. The number of nitrogens with one attached hydrogen (secondary N) is 1. The molecule has 6 nitrogen and oxygen atoms in total. The van der Waals surface area contributed by atoms with Gasteiger partial charge in [0.05, 0.1) is 25.8 Å². The molecule has 0 saturated carbocycles. The number of benzene rings is 1. The van der Waals surface area contributed by atoms with Crippen molar-refractivity contribution in [3.63, 3.8) is 0 Å². The molecule has 1 atom stereocenters. The van der Waals surface area contributed by atoms with E-state index in [1.807, 2.05) is 0 Å². The second-order valence-electron chi connectivity index (χ2n) is 5.11. The molecule has 1 aromatic heterocycles. The Morgan fingerprint density at radius 3 is 2.75 bits per heavy atom. The predicted octanol–water partition coefficient (Wildman–Crippen LogP) is 2.39. The van der Waals surface area contributed by atoms with E-state index in [0.717, 1.165) is 0 Å². The first-order valence-electron chi connectivity index (χ1n) is 7.30. The van der Waals surface area contributed by atoms with Gasteiger partial charge in [-0.15, -0.1) is 0 Å². The van der Waals surface area contributed by atoms with Crippen molar-refractivity contribution in [1.29, 1.82) is 0 Å². The Balaban J connectivity index is 1.78. The third kappa shape index (κ3) is 4.84. The minimum atomic E-state index is -0.625. The zero-order valence-electron chi connectivity index (χ0n) is 13.4. The van der Waals surface area contributed by atoms with E-state index in [1.54, 1.807) is 25.1 Å². The van der Waals surface area contributed by atoms with Gasteiger partial charge in [-0.25, -0.2) is 4.39 Å². The summed E-state index contributed by atoms with van der Waals surface area (Å²) in [6.45, 7) is 1.33. The van der Waals surface area contributed by atoms with Gasteiger partial charge < -0.3 is 19.2 Å². The van der Waals surface area contributed by atoms with Crippen LogP contribution in [0.5, 0.6) is 5.75 Å². The first kappa shape index (κ1) is 17.5. The minimum Gasteiger partial charge on any atom is -0.494 e. The largest absolute Gasteiger partial charge is 0.494 e. The van der Waals surface area contributed by atoms with Crippen LogP contribution in [-0.2, 0) is 20.7 Å². The van der Waals surface area contributed by atoms with E-state index in [1.165, 1.54) is 25.5 Å². The Kier molecular flexibility index (Phi) is 5.95. The fraction of sp³-hybridized carbons (Fsp3) is 0.294. The van der Waals surface area contributed by atoms with E-state index in [4.69, 9.17) is 13.9 Å². The van der Waals surface area contributed by atoms with Crippen molar-refractivity contribution in [1.82, 2.24) is 5.32 Å². The molecule has 7 heteroatoms. The van der Waals surface area contributed by atoms with E-state index >= 15 is 0 Å². The third-order valence-corrected chi connectivity index (χ3v) is 3.28. The fourth-order valence-electron chi connectivity index (χ4n) is 2.08. The Morgan fingerprint density at radius 1 is 1.33 bits per heavy atom. The highest BCUT2D eigenvalue weighted by molar-refractivity contribution is 5.81. The monoisotopic (exact) mass is 335 g/mol. The van der Waals surface area contributed by atoms with Gasteiger partial charge in [-0.2, -0.15) is 0 Å². The van der Waals surface area contributed by atoms with Crippen LogP contribution in [0.25, 0.3) is 0 Å². The van der Waals surface area contributed by atoms with Crippen LogP contribution >= 0.6 is 0 Å². The first-order chi connectivity index (χ1) is 11.5. The lowest BCUT2D eigenvalue weighted by atomic mass is 10.1. The zero-order chi connectivity index (χ0) is 17.5. The zero-order valence-corrected chi connectivity index (χ0v) is 13.4. The van der Waals surface area contributed by atoms with Crippen LogP contribution in [0.4, 0.5) is 4.39 Å². The van der Waals surface area contributed by atoms with E-state index in [9.17, 15) is 14.0 Å². The number of hydrogen-bond donors (Lipinski definition) is 1. The normalized spacial score (nSPS) is 11.6. The van der Waals surface area contributed by atoms with Gasteiger partial charge in [0.15, 0.2) is 18.2 Å². The highest BCUT2D eigenvalue weighted by Gasteiger charge is 2.14. The minimum absolute atomic E-state index is 0.0957. The van der Waals surface area contributed by atoms with Crippen LogP contribution in [0, 0.1) is 5.82 Å². The summed E-state index contributed by atoms with van der Waals surface area (Å²) >= 11 is 0. The number of carbonyl (C=O) groups excluding carboxylic acids is 2. The summed E-state index contributed by atoms with van der Waals surface area (Å²) in [4.78, 5) is 23.5. The van der Waals surface area contributed by atoms with Gasteiger partial charge in [0.1, 0.15) is 5.76 Å². The maximum atomic E-state index is 13.5. The second kappa shape index (κ2) is 8.14. The SMILES string of the molecule is COc1ccc(CC(=O)OCC(=O)N[C@@H](C)c2ccco2)cc1F. The van der Waals surface area contributed by atoms with Crippen molar-refractivity contribution >= 4 is 11.9 Å². The summed E-state index contributed by atoms with van der Waals surface area (Å²) in [5.41, 5.74) is 0.433. The van der Waals surface area contributed by atoms with Crippen LogP contribution < -0.4 is 10.1 Å². The van der Waals surface area contributed by atoms with Crippen molar-refractivity contribution in [2.75, 3.05) is 13.7 Å². The Hall–Kier alpha value is -2.83. The van der Waals surface area contributed by atoms with Gasteiger partial charge in [0.2, 0.25) is 0 Å². The Bertz CT molecular complexity index is 699. The average Bonchev–Trinajstić information content (AvgIpc) is 3.08. The number of furan rings is 1. The molecule has 2 rings (SSSR count). The second-order valence-corrected chi connectivity index (χ2v) is 5.11. The number of carbonyl (C=O) groups is 2. The molecule has 0 unspecified atom stereocenters. The quantitative estimate of drug-likeness (QED) is 0.786. The number of esters is 1. The lowest BCUT2D eigenvalue weighted by Crippen LogP contribution is -2.31. The number of halogens is 1. The van der Waals surface area contributed by atoms with Gasteiger partial charge >= 0.3 is 5.97 Å². The molecule has 0 bridgehead atoms. The smallest absolute Gasteiger partial charge is 0.310 e. The molecular weight excluding hydrogens is 317 g/mol. The van der Waals surface area contributed by atoms with Crippen LogP contribution in [0.15, 0.2) is 41.0 Å². The van der Waals surface area contributed by atoms with E-state index < -0.39 is 24.3 Å². The molecule has 2 aromatic rings. The van der Waals surface area contributed by atoms with Gasteiger partial charge in [-0.3, -0.25) is 9.59 Å². The molecule has 1 amide bonds. The molecule has 0 fully saturated rings. The molecule has 128 valence electrons. The fourth-order valence-corrected chi connectivity index (χ4v) is 2.08. The van der Waals surface area contributed by atoms with Crippen molar-refractivity contribution in [2.45, 2.75) is 19.4 Å². The summed E-state index contributed by atoms with van der Waals surface area (Å²) in [6, 6.07) is 7.29. The maximum Gasteiger partial charge on any atom is 0.310 e. The standard InChI is InChI=1S/C17H18FNO5/c1-11(14-4-3-7-23-14)19-16(20)10-24-17(21)9-12-5-6-15(22-2)13(18)8-12/h3-8,11H,9-10H2,1-2H3,(H,19,20)/t11-/m0/s1. The van der Waals surface area contributed by atoms with Crippen molar-refractivity contribution in [2.24, 2.45) is 0 Å². The molecule has 0 saturated heterocycles. The summed E-state index contributed by atoms with van der Waals surface area (Å²) in [6.07, 6.45) is 1.37. The molecule has 0 aliphatic heterocycles. The molecule has 0 spiro atoms. The van der Waals surface area contributed by atoms with Crippen LogP contribution in [0.2, 0.25) is 0 Å². The van der Waals surface area contributed by atoms with Crippen molar-refractivity contribution in [3.05, 3.63) is 53.7 Å².